The van der Waals surface area contributed by atoms with Crippen LogP contribution in [0.3, 0.4) is 0 Å². The normalized spacial score (nSPS) is 20.4. The third kappa shape index (κ3) is 4.26. The molecule has 5 nitrogen and oxygen atoms in total. The second-order valence-electron chi connectivity index (χ2n) is 7.79. The Hall–Kier alpha value is -2.30. The fourth-order valence-electron chi connectivity index (χ4n) is 2.86. The fraction of sp³-hybridized carbons (Fsp3) is 0.524. The summed E-state index contributed by atoms with van der Waals surface area (Å²) in [7, 11) is 0. The number of hydrogen-bond donors (Lipinski definition) is 1. The molecule has 1 rings (SSSR count). The summed E-state index contributed by atoms with van der Waals surface area (Å²) < 4.78 is 0. The van der Waals surface area contributed by atoms with Crippen molar-refractivity contribution in [2.24, 2.45) is 16.5 Å². The highest BCUT2D eigenvalue weighted by Crippen LogP contribution is 2.45. The van der Waals surface area contributed by atoms with Gasteiger partial charge in [-0.25, -0.2) is 0 Å². The Morgan fingerprint density at radius 3 is 2.12 bits per heavy atom. The summed E-state index contributed by atoms with van der Waals surface area (Å²) in [4.78, 5) is 37.4. The lowest BCUT2D eigenvalue weighted by atomic mass is 9.68. The van der Waals surface area contributed by atoms with E-state index in [1.54, 1.807) is 20.8 Å². The van der Waals surface area contributed by atoms with Gasteiger partial charge in [-0.2, -0.15) is 0 Å². The summed E-state index contributed by atoms with van der Waals surface area (Å²) in [5.74, 6) is -1.81. The van der Waals surface area contributed by atoms with Crippen LogP contribution in [0.5, 0.6) is 0 Å². The van der Waals surface area contributed by atoms with Gasteiger partial charge in [0, 0.05) is 11.5 Å². The molecule has 0 aromatic heterocycles. The van der Waals surface area contributed by atoms with Crippen LogP contribution < -0.4 is 0 Å². The molecule has 1 atom stereocenters. The van der Waals surface area contributed by atoms with Crippen molar-refractivity contribution in [3.05, 3.63) is 50.8 Å². The van der Waals surface area contributed by atoms with Crippen LogP contribution in [0.15, 0.2) is 51.1 Å². The van der Waals surface area contributed by atoms with Crippen LogP contribution in [0.4, 0.5) is 0 Å². The van der Waals surface area contributed by atoms with E-state index in [0.717, 1.165) is 11.1 Å². The SMILES string of the molecule is CC(C)=CCC1=C(N=O)[C@@](C)(CC=C(C)C)C(=O)C(C(=O)C(C)C)=C1O. The molecule has 0 spiro atoms. The summed E-state index contributed by atoms with van der Waals surface area (Å²) in [6, 6.07) is 0. The Labute approximate surface area is 155 Å². The van der Waals surface area contributed by atoms with E-state index in [4.69, 9.17) is 0 Å². The Morgan fingerprint density at radius 1 is 1.15 bits per heavy atom. The maximum absolute atomic E-state index is 13.2. The number of rotatable bonds is 7. The number of carbonyl (C=O) groups excluding carboxylic acids is 2. The standard InChI is InChI=1S/C21H29NO4/c1-12(2)8-9-15-18(24)16(17(23)14(5)6)20(25)21(7,19(15)22-26)11-10-13(3)4/h8,10,14,24H,9,11H2,1-7H3/t21-/m1/s1. The first kappa shape index (κ1) is 21.7. The number of hydrogen-bond acceptors (Lipinski definition) is 5. The van der Waals surface area contributed by atoms with E-state index >= 15 is 0 Å². The van der Waals surface area contributed by atoms with Crippen molar-refractivity contribution >= 4 is 11.6 Å². The third-order valence-corrected chi connectivity index (χ3v) is 4.55. The zero-order valence-electron chi connectivity index (χ0n) is 16.8. The molecule has 0 unspecified atom stereocenters. The molecule has 1 aliphatic carbocycles. The number of nitroso groups, excluding NO2 is 1. The lowest BCUT2D eigenvalue weighted by Gasteiger charge is -2.33. The van der Waals surface area contributed by atoms with Gasteiger partial charge >= 0.3 is 0 Å². The minimum atomic E-state index is -1.27. The zero-order chi connectivity index (χ0) is 20.2. The number of aliphatic hydroxyl groups excluding tert-OH is 1. The molecule has 0 saturated heterocycles. The largest absolute Gasteiger partial charge is 0.507 e. The Balaban J connectivity index is 3.75. The molecule has 1 aliphatic rings. The van der Waals surface area contributed by atoms with E-state index in [1.165, 1.54) is 0 Å². The molecule has 0 radical (unpaired) electrons. The molecule has 0 saturated carbocycles. The molecule has 0 fully saturated rings. The molecule has 0 heterocycles. The molecular formula is C21H29NO4. The van der Waals surface area contributed by atoms with Gasteiger partial charge in [0.25, 0.3) is 0 Å². The molecule has 0 aromatic carbocycles. The number of nitrogens with zero attached hydrogens (tertiary/aromatic N) is 1. The second-order valence-corrected chi connectivity index (χ2v) is 7.79. The van der Waals surface area contributed by atoms with Crippen molar-refractivity contribution in [2.75, 3.05) is 0 Å². The number of ketones is 2. The Bertz CT molecular complexity index is 742. The van der Waals surface area contributed by atoms with Gasteiger partial charge in [-0.3, -0.25) is 9.59 Å². The Morgan fingerprint density at radius 2 is 1.69 bits per heavy atom. The number of allylic oxidation sites excluding steroid dienone is 7. The lowest BCUT2D eigenvalue weighted by Crippen LogP contribution is -2.39. The van der Waals surface area contributed by atoms with Gasteiger partial charge < -0.3 is 5.11 Å². The molecule has 0 aliphatic heterocycles. The van der Waals surface area contributed by atoms with E-state index in [9.17, 15) is 19.6 Å². The minimum Gasteiger partial charge on any atom is -0.507 e. The molecule has 26 heavy (non-hydrogen) atoms. The molecular weight excluding hydrogens is 330 g/mol. The van der Waals surface area contributed by atoms with Crippen LogP contribution in [-0.2, 0) is 9.59 Å². The van der Waals surface area contributed by atoms with Crippen LogP contribution in [-0.4, -0.2) is 16.7 Å². The van der Waals surface area contributed by atoms with Gasteiger partial charge in [0.15, 0.2) is 11.6 Å². The summed E-state index contributed by atoms with van der Waals surface area (Å²) >= 11 is 0. The number of aliphatic hydroxyl groups is 1. The topological polar surface area (TPSA) is 83.8 Å². The van der Waals surface area contributed by atoms with E-state index in [0.29, 0.717) is 0 Å². The third-order valence-electron chi connectivity index (χ3n) is 4.55. The average Bonchev–Trinajstić information content (AvgIpc) is 2.54. The molecule has 1 N–H and O–H groups in total. The van der Waals surface area contributed by atoms with Crippen molar-refractivity contribution in [3.8, 4) is 0 Å². The summed E-state index contributed by atoms with van der Waals surface area (Å²) in [6.07, 6.45) is 4.17. The summed E-state index contributed by atoms with van der Waals surface area (Å²) in [6.45, 7) is 12.6. The highest BCUT2D eigenvalue weighted by atomic mass is 16.3. The first-order valence-electron chi connectivity index (χ1n) is 8.83. The van der Waals surface area contributed by atoms with Crippen LogP contribution >= 0.6 is 0 Å². The zero-order valence-corrected chi connectivity index (χ0v) is 16.8. The molecule has 0 aromatic rings. The van der Waals surface area contributed by atoms with Crippen LogP contribution in [0.1, 0.15) is 61.3 Å². The first-order valence-corrected chi connectivity index (χ1v) is 8.83. The molecule has 0 bridgehead atoms. The maximum Gasteiger partial charge on any atom is 0.182 e. The summed E-state index contributed by atoms with van der Waals surface area (Å²) in [5.41, 5.74) is 0.774. The quantitative estimate of drug-likeness (QED) is 0.377. The van der Waals surface area contributed by atoms with Gasteiger partial charge in [-0.05, 0) is 52.6 Å². The molecule has 0 amide bonds. The van der Waals surface area contributed by atoms with Gasteiger partial charge in [0.2, 0.25) is 0 Å². The van der Waals surface area contributed by atoms with Crippen LogP contribution in [0, 0.1) is 16.2 Å². The highest BCUT2D eigenvalue weighted by Gasteiger charge is 2.48. The fourth-order valence-corrected chi connectivity index (χ4v) is 2.86. The average molecular weight is 359 g/mol. The van der Waals surface area contributed by atoms with Gasteiger partial charge in [0.1, 0.15) is 17.0 Å². The van der Waals surface area contributed by atoms with E-state index < -0.39 is 28.7 Å². The predicted octanol–water partition coefficient (Wildman–Crippen LogP) is 5.35. The second kappa shape index (κ2) is 8.39. The van der Waals surface area contributed by atoms with Gasteiger partial charge in [0.05, 0.1) is 5.41 Å². The van der Waals surface area contributed by atoms with Crippen molar-refractivity contribution in [1.29, 1.82) is 0 Å². The van der Waals surface area contributed by atoms with Crippen molar-refractivity contribution in [2.45, 2.75) is 61.3 Å². The van der Waals surface area contributed by atoms with Gasteiger partial charge in [-0.1, -0.05) is 37.1 Å². The van der Waals surface area contributed by atoms with Gasteiger partial charge in [-0.15, -0.1) is 4.91 Å². The molecule has 142 valence electrons. The Kier molecular flexibility index (Phi) is 7.01. The highest BCUT2D eigenvalue weighted by molar-refractivity contribution is 6.24. The number of Topliss-reactive ketones (excluding diaryl/α,β-unsaturated/α-hetero) is 2. The van der Waals surface area contributed by atoms with E-state index in [2.05, 4.69) is 5.18 Å². The van der Waals surface area contributed by atoms with Crippen molar-refractivity contribution < 1.29 is 14.7 Å². The summed E-state index contributed by atoms with van der Waals surface area (Å²) in [5, 5.41) is 13.8. The maximum atomic E-state index is 13.2. The number of carbonyl (C=O) groups is 2. The van der Waals surface area contributed by atoms with E-state index in [-0.39, 0.29) is 29.7 Å². The first-order chi connectivity index (χ1) is 12.0. The van der Waals surface area contributed by atoms with E-state index in [1.807, 2.05) is 39.8 Å². The lowest BCUT2D eigenvalue weighted by molar-refractivity contribution is -0.127. The molecule has 5 heteroatoms. The smallest absolute Gasteiger partial charge is 0.182 e. The van der Waals surface area contributed by atoms with Crippen LogP contribution in [0.25, 0.3) is 0 Å². The minimum absolute atomic E-state index is 0.00954. The predicted molar refractivity (Wildman–Crippen MR) is 104 cm³/mol. The van der Waals surface area contributed by atoms with Crippen molar-refractivity contribution in [3.63, 3.8) is 0 Å². The van der Waals surface area contributed by atoms with Crippen molar-refractivity contribution in [1.82, 2.24) is 0 Å². The van der Waals surface area contributed by atoms with Crippen LogP contribution in [0.2, 0.25) is 0 Å². The monoisotopic (exact) mass is 359 g/mol.